The van der Waals surface area contributed by atoms with Gasteiger partial charge >= 0.3 is 0 Å². The minimum absolute atomic E-state index is 0.177. The summed E-state index contributed by atoms with van der Waals surface area (Å²) in [7, 11) is 0. The Hall–Kier alpha value is -2.04. The highest BCUT2D eigenvalue weighted by molar-refractivity contribution is 5.43. The number of nitrogens with two attached hydrogens (primary N) is 1. The molecule has 3 aliphatic rings. The van der Waals surface area contributed by atoms with Crippen LogP contribution in [0.25, 0.3) is 0 Å². The molecular formula is C24H34N2O2. The van der Waals surface area contributed by atoms with E-state index in [1.807, 2.05) is 60.7 Å². The molecule has 4 heteroatoms. The molecule has 4 N–H and O–H groups in total. The maximum atomic E-state index is 9.77. The summed E-state index contributed by atoms with van der Waals surface area (Å²) in [4.78, 5) is 0. The molecule has 0 spiro atoms. The summed E-state index contributed by atoms with van der Waals surface area (Å²) >= 11 is 0. The normalized spacial score (nSPS) is 27.8. The molecular weight excluding hydrogens is 348 g/mol. The molecule has 1 saturated heterocycles. The van der Waals surface area contributed by atoms with Crippen LogP contribution in [0.2, 0.25) is 0 Å². The maximum Gasteiger partial charge on any atom is 0.0841 e. The zero-order chi connectivity index (χ0) is 19.6. The predicted octanol–water partition coefficient (Wildman–Crippen LogP) is 5.00. The number of rotatable bonds is 2. The fraction of sp³-hybridized carbons (Fsp3) is 0.500. The molecule has 0 amide bonds. The molecule has 2 aromatic rings. The van der Waals surface area contributed by atoms with Crippen molar-refractivity contribution >= 4 is 11.4 Å². The number of epoxide rings is 1. The molecule has 4 nitrogen and oxygen atoms in total. The number of hydrogen-bond donors (Lipinski definition) is 3. The highest BCUT2D eigenvalue weighted by Crippen LogP contribution is 2.35. The third-order valence-electron chi connectivity index (χ3n) is 5.57. The number of hydrogen-bond acceptors (Lipinski definition) is 4. The van der Waals surface area contributed by atoms with Gasteiger partial charge in [0.05, 0.1) is 24.4 Å². The summed E-state index contributed by atoms with van der Waals surface area (Å²) in [5, 5.41) is 13.1. The highest BCUT2D eigenvalue weighted by Gasteiger charge is 2.39. The second kappa shape index (κ2) is 11.1. The molecule has 1 aliphatic heterocycles. The van der Waals surface area contributed by atoms with Gasteiger partial charge in [0, 0.05) is 11.4 Å². The number of benzene rings is 2. The molecule has 5 rings (SSSR count). The van der Waals surface area contributed by atoms with Crippen LogP contribution in [0.15, 0.2) is 60.7 Å². The lowest BCUT2D eigenvalue weighted by atomic mass is 9.92. The van der Waals surface area contributed by atoms with Gasteiger partial charge in [0.15, 0.2) is 0 Å². The van der Waals surface area contributed by atoms with E-state index in [0.717, 1.165) is 30.6 Å². The molecule has 1 heterocycles. The summed E-state index contributed by atoms with van der Waals surface area (Å²) in [5.74, 6) is 0. The van der Waals surface area contributed by atoms with Crippen LogP contribution in [0.3, 0.4) is 0 Å². The van der Waals surface area contributed by atoms with Gasteiger partial charge in [0.2, 0.25) is 0 Å². The fourth-order valence-electron chi connectivity index (χ4n) is 3.86. The molecule has 0 bridgehead atoms. The SMILES string of the molecule is C1CC[C@H]2O[C@H]2C1.Nc1ccccc1.O[C@@H]1CCCC[C@H]1Nc1ccccc1. The average molecular weight is 383 g/mol. The van der Waals surface area contributed by atoms with E-state index in [2.05, 4.69) is 5.32 Å². The third kappa shape index (κ3) is 7.17. The van der Waals surface area contributed by atoms with Gasteiger partial charge in [0.25, 0.3) is 0 Å². The number of para-hydroxylation sites is 2. The lowest BCUT2D eigenvalue weighted by Gasteiger charge is -2.29. The van der Waals surface area contributed by atoms with Gasteiger partial charge < -0.3 is 20.9 Å². The molecule has 2 saturated carbocycles. The van der Waals surface area contributed by atoms with Crippen molar-refractivity contribution in [2.45, 2.75) is 75.7 Å². The van der Waals surface area contributed by atoms with Gasteiger partial charge in [-0.1, -0.05) is 62.1 Å². The Bertz CT molecular complexity index is 655. The Kier molecular flexibility index (Phi) is 8.19. The topological polar surface area (TPSA) is 70.8 Å². The zero-order valence-corrected chi connectivity index (χ0v) is 16.7. The van der Waals surface area contributed by atoms with Crippen LogP contribution in [0.1, 0.15) is 51.4 Å². The summed E-state index contributed by atoms with van der Waals surface area (Å²) < 4.78 is 5.28. The van der Waals surface area contributed by atoms with Crippen LogP contribution in [-0.2, 0) is 4.74 Å². The van der Waals surface area contributed by atoms with Crippen molar-refractivity contribution in [3.63, 3.8) is 0 Å². The molecule has 0 radical (unpaired) electrons. The summed E-state index contributed by atoms with van der Waals surface area (Å²) in [5.41, 5.74) is 7.29. The van der Waals surface area contributed by atoms with E-state index in [9.17, 15) is 5.11 Å². The second-order valence-corrected chi connectivity index (χ2v) is 7.88. The summed E-state index contributed by atoms with van der Waals surface area (Å²) in [6.45, 7) is 0. The first-order valence-electron chi connectivity index (χ1n) is 10.7. The van der Waals surface area contributed by atoms with Gasteiger partial charge in [-0.2, -0.15) is 0 Å². The van der Waals surface area contributed by atoms with Crippen molar-refractivity contribution < 1.29 is 9.84 Å². The average Bonchev–Trinajstić information content (AvgIpc) is 3.52. The number of nitrogens with one attached hydrogen (secondary N) is 1. The number of ether oxygens (including phenoxy) is 1. The van der Waals surface area contributed by atoms with Crippen molar-refractivity contribution in [1.29, 1.82) is 0 Å². The predicted molar refractivity (Wildman–Crippen MR) is 116 cm³/mol. The van der Waals surface area contributed by atoms with E-state index in [1.54, 1.807) is 0 Å². The van der Waals surface area contributed by atoms with Crippen LogP contribution < -0.4 is 11.1 Å². The molecule has 3 fully saturated rings. The Morgan fingerprint density at radius 3 is 1.79 bits per heavy atom. The molecule has 28 heavy (non-hydrogen) atoms. The smallest absolute Gasteiger partial charge is 0.0841 e. The summed E-state index contributed by atoms with van der Waals surface area (Å²) in [6.07, 6.45) is 11.1. The summed E-state index contributed by atoms with van der Waals surface area (Å²) in [6, 6.07) is 19.8. The Labute approximate surface area is 169 Å². The molecule has 2 aromatic carbocycles. The quantitative estimate of drug-likeness (QED) is 0.505. The van der Waals surface area contributed by atoms with Gasteiger partial charge in [-0.3, -0.25) is 0 Å². The first-order valence-corrected chi connectivity index (χ1v) is 10.7. The zero-order valence-electron chi connectivity index (χ0n) is 16.7. The van der Waals surface area contributed by atoms with E-state index in [4.69, 9.17) is 10.5 Å². The number of anilines is 2. The minimum Gasteiger partial charge on any atom is -0.399 e. The first-order chi connectivity index (χ1) is 13.7. The first kappa shape index (κ1) is 20.7. The van der Waals surface area contributed by atoms with Crippen molar-refractivity contribution in [2.24, 2.45) is 0 Å². The molecule has 0 aromatic heterocycles. The van der Waals surface area contributed by atoms with E-state index in [-0.39, 0.29) is 12.1 Å². The van der Waals surface area contributed by atoms with Gasteiger partial charge in [-0.05, 0) is 49.9 Å². The molecule has 0 unspecified atom stereocenters. The van der Waals surface area contributed by atoms with Crippen LogP contribution in [0, 0.1) is 0 Å². The second-order valence-electron chi connectivity index (χ2n) is 7.88. The largest absolute Gasteiger partial charge is 0.399 e. The van der Waals surface area contributed by atoms with Crippen LogP contribution in [0.5, 0.6) is 0 Å². The van der Waals surface area contributed by atoms with E-state index < -0.39 is 0 Å². The number of nitrogen functional groups attached to an aromatic ring is 1. The van der Waals surface area contributed by atoms with Gasteiger partial charge in [0.1, 0.15) is 0 Å². The van der Waals surface area contributed by atoms with E-state index in [1.165, 1.54) is 32.1 Å². The molecule has 152 valence electrons. The molecule has 2 aliphatic carbocycles. The van der Waals surface area contributed by atoms with Crippen LogP contribution in [-0.4, -0.2) is 29.5 Å². The van der Waals surface area contributed by atoms with Crippen LogP contribution >= 0.6 is 0 Å². The van der Waals surface area contributed by atoms with Crippen molar-refractivity contribution in [3.05, 3.63) is 60.7 Å². The van der Waals surface area contributed by atoms with E-state index >= 15 is 0 Å². The van der Waals surface area contributed by atoms with Crippen LogP contribution in [0.4, 0.5) is 11.4 Å². The number of fused-ring (bicyclic) bond motifs is 1. The fourth-order valence-corrected chi connectivity index (χ4v) is 3.86. The molecule has 4 atom stereocenters. The number of aliphatic hydroxyl groups is 1. The highest BCUT2D eigenvalue weighted by atomic mass is 16.6. The standard InChI is InChI=1S/C12H17NO.C6H7N.C6H10O/c14-12-9-5-4-8-11(12)13-10-6-2-1-3-7-10;7-6-4-2-1-3-5-6;1-2-4-6-5(3-1)7-6/h1-3,6-7,11-14H,4-5,8-9H2;1-5H,7H2;5-6H,1-4H2/t11-,12-;;5-,6+/m1../s1. The Balaban J connectivity index is 0.000000134. The minimum atomic E-state index is -0.177. The van der Waals surface area contributed by atoms with Gasteiger partial charge in [-0.15, -0.1) is 0 Å². The van der Waals surface area contributed by atoms with Crippen molar-refractivity contribution in [2.75, 3.05) is 11.1 Å². The van der Waals surface area contributed by atoms with Crippen molar-refractivity contribution in [3.8, 4) is 0 Å². The Morgan fingerprint density at radius 2 is 1.29 bits per heavy atom. The van der Waals surface area contributed by atoms with Crippen molar-refractivity contribution in [1.82, 2.24) is 0 Å². The van der Waals surface area contributed by atoms with E-state index in [0.29, 0.717) is 12.2 Å². The monoisotopic (exact) mass is 382 g/mol. The third-order valence-corrected chi connectivity index (χ3v) is 5.57. The number of aliphatic hydroxyl groups excluding tert-OH is 1. The van der Waals surface area contributed by atoms with Gasteiger partial charge in [-0.25, -0.2) is 0 Å². The lowest BCUT2D eigenvalue weighted by molar-refractivity contribution is 0.116. The Morgan fingerprint density at radius 1 is 0.750 bits per heavy atom. The maximum absolute atomic E-state index is 9.77. The lowest BCUT2D eigenvalue weighted by Crippen LogP contribution is -2.36.